The molecule has 0 bridgehead atoms. The number of piperazine rings is 2. The molecular weight excluding hydrogens is 1710 g/mol. The summed E-state index contributed by atoms with van der Waals surface area (Å²) in [7, 11) is -9.29. The van der Waals surface area contributed by atoms with Crippen molar-refractivity contribution in [2.45, 2.75) is 108 Å². The van der Waals surface area contributed by atoms with E-state index in [0.29, 0.717) is 73.1 Å². The molecule has 0 spiro atoms. The van der Waals surface area contributed by atoms with E-state index < -0.39 is 62.9 Å². The van der Waals surface area contributed by atoms with Crippen LogP contribution >= 0.6 is 23.2 Å². The zero-order chi connectivity index (χ0) is 89.3. The van der Waals surface area contributed by atoms with Gasteiger partial charge in [0.05, 0.1) is 67.5 Å². The van der Waals surface area contributed by atoms with Crippen LogP contribution in [0.2, 0.25) is 10.0 Å². The highest BCUT2D eigenvalue weighted by molar-refractivity contribution is 7.90. The normalized spacial score (nSPS) is 17.7. The Morgan fingerprint density at radius 1 is 0.547 bits per heavy atom. The van der Waals surface area contributed by atoms with Crippen LogP contribution in [0.25, 0.3) is 33.2 Å². The van der Waals surface area contributed by atoms with Crippen LogP contribution < -0.4 is 38.2 Å². The molecule has 4 N–H and O–H groups in total. The van der Waals surface area contributed by atoms with Crippen LogP contribution in [-0.2, 0) is 39.3 Å². The number of nitrogens with one attached hydrogen (secondary N) is 4. The van der Waals surface area contributed by atoms with E-state index in [1.54, 1.807) is 61.2 Å². The molecule has 6 aromatic heterocycles. The van der Waals surface area contributed by atoms with Gasteiger partial charge >= 0.3 is 0 Å². The summed E-state index contributed by atoms with van der Waals surface area (Å²) in [6.45, 7) is 19.5. The second-order valence-corrected chi connectivity index (χ2v) is 39.5. The molecule has 4 aliphatic heterocycles. The Morgan fingerprint density at radius 2 is 1.02 bits per heavy atom. The number of amides is 2. The van der Waals surface area contributed by atoms with Crippen molar-refractivity contribution in [1.82, 2.24) is 49.1 Å². The topological polar surface area (TPSA) is 346 Å². The Hall–Kier alpha value is -12.6. The molecular formula is C96H96Cl2N14O14S2. The van der Waals surface area contributed by atoms with E-state index in [4.69, 9.17) is 42.1 Å². The largest absolute Gasteiger partial charge is 0.493 e. The summed E-state index contributed by atoms with van der Waals surface area (Å²) in [5.41, 5.74) is 13.7. The number of carbonyl (C=O) groups is 2. The first-order valence-electron chi connectivity index (χ1n) is 42.7. The third-order valence-corrected chi connectivity index (χ3v) is 28.0. The molecule has 128 heavy (non-hydrogen) atoms. The zero-order valence-corrected chi connectivity index (χ0v) is 74.5. The fourth-order valence-corrected chi connectivity index (χ4v) is 20.1. The van der Waals surface area contributed by atoms with Gasteiger partial charge in [0.1, 0.15) is 45.8 Å². The van der Waals surface area contributed by atoms with Crippen LogP contribution in [0.4, 0.5) is 22.7 Å². The summed E-state index contributed by atoms with van der Waals surface area (Å²) in [6.07, 6.45) is 17.4. The van der Waals surface area contributed by atoms with Gasteiger partial charge in [-0.1, -0.05) is 98.4 Å². The monoisotopic (exact) mass is 1800 g/mol. The number of hydrogen-bond donors (Lipinski definition) is 4. The van der Waals surface area contributed by atoms with Crippen molar-refractivity contribution in [3.05, 3.63) is 293 Å². The summed E-state index contributed by atoms with van der Waals surface area (Å²) in [6, 6.07) is 47.4. The lowest BCUT2D eigenvalue weighted by Gasteiger charge is -2.39. The molecule has 0 radical (unpaired) electrons. The highest BCUT2D eigenvalue weighted by Crippen LogP contribution is 2.48. The number of nitro groups is 2. The molecule has 2 amide bonds. The lowest BCUT2D eigenvalue weighted by atomic mass is 9.72. The van der Waals surface area contributed by atoms with E-state index in [-0.39, 0.29) is 82.0 Å². The predicted molar refractivity (Wildman–Crippen MR) is 492 cm³/mol. The van der Waals surface area contributed by atoms with Crippen molar-refractivity contribution < 1.29 is 55.2 Å². The number of aromatic amines is 2. The third-order valence-electron chi connectivity index (χ3n) is 24.9. The Morgan fingerprint density at radius 3 is 1.48 bits per heavy atom. The molecule has 2 saturated heterocycles. The number of H-pyrrole nitrogens is 2. The predicted octanol–water partition coefficient (Wildman–Crippen LogP) is 18.3. The molecule has 32 heteroatoms. The third kappa shape index (κ3) is 20.0. The molecule has 12 aromatic rings. The van der Waals surface area contributed by atoms with Gasteiger partial charge in [-0.3, -0.25) is 49.6 Å². The molecule has 2 fully saturated rings. The second-order valence-electron chi connectivity index (χ2n) is 35.2. The average molecular weight is 1800 g/mol. The fraction of sp³-hybridized carbons (Fsp3) is 0.312. The first-order valence-corrected chi connectivity index (χ1v) is 46.4. The van der Waals surface area contributed by atoms with Gasteiger partial charge in [0, 0.05) is 182 Å². The van der Waals surface area contributed by atoms with Crippen LogP contribution in [0.5, 0.6) is 34.5 Å². The van der Waals surface area contributed by atoms with Crippen LogP contribution in [0.3, 0.4) is 0 Å². The van der Waals surface area contributed by atoms with Crippen molar-refractivity contribution >= 4 is 111 Å². The molecule has 0 unspecified atom stereocenters. The highest BCUT2D eigenvalue weighted by Gasteiger charge is 2.38. The van der Waals surface area contributed by atoms with Crippen LogP contribution in [-0.4, -0.2) is 157 Å². The lowest BCUT2D eigenvalue weighted by molar-refractivity contribution is -0.386. The number of fused-ring (bicyclic) bond motifs is 4. The summed E-state index contributed by atoms with van der Waals surface area (Å²) in [5, 5.41) is 27.7. The van der Waals surface area contributed by atoms with E-state index in [1.807, 2.05) is 73.7 Å². The van der Waals surface area contributed by atoms with E-state index in [2.05, 4.69) is 111 Å². The Balaban J connectivity index is 0.000000180. The minimum atomic E-state index is -4.65. The number of aromatic nitrogens is 6. The number of rotatable bonds is 23. The number of carbonyl (C=O) groups excluding carboxylic acids is 2. The van der Waals surface area contributed by atoms with Gasteiger partial charge in [0.15, 0.2) is 0 Å². The van der Waals surface area contributed by atoms with E-state index in [0.717, 1.165) is 133 Å². The van der Waals surface area contributed by atoms with Gasteiger partial charge in [-0.05, 0) is 194 Å². The van der Waals surface area contributed by atoms with Gasteiger partial charge in [0.2, 0.25) is 0 Å². The van der Waals surface area contributed by atoms with Gasteiger partial charge in [-0.2, -0.15) is 0 Å². The summed E-state index contributed by atoms with van der Waals surface area (Å²) in [5.74, 6) is -1.27. The molecule has 18 rings (SSSR count). The van der Waals surface area contributed by atoms with Gasteiger partial charge in [-0.25, -0.2) is 36.2 Å². The summed E-state index contributed by atoms with van der Waals surface area (Å²) in [4.78, 5) is 83.8. The van der Waals surface area contributed by atoms with E-state index >= 15 is 0 Å². The quantitative estimate of drug-likeness (QED) is 0.0341. The van der Waals surface area contributed by atoms with Crippen molar-refractivity contribution in [2.24, 2.45) is 16.7 Å². The lowest BCUT2D eigenvalue weighted by Crippen LogP contribution is -2.47. The van der Waals surface area contributed by atoms with Crippen LogP contribution in [0.1, 0.15) is 132 Å². The number of ether oxygens (including phenoxy) is 4. The number of pyridine rings is 4. The Bertz CT molecular complexity index is 6570. The average Bonchev–Trinajstić information content (AvgIpc) is 0.959. The maximum atomic E-state index is 14.1. The van der Waals surface area contributed by atoms with Gasteiger partial charge in [-0.15, -0.1) is 0 Å². The molecule has 0 saturated carbocycles. The first-order chi connectivity index (χ1) is 61.4. The molecule has 6 aromatic carbocycles. The molecule has 28 nitrogen and oxygen atoms in total. The van der Waals surface area contributed by atoms with E-state index in [1.165, 1.54) is 70.1 Å². The van der Waals surface area contributed by atoms with Crippen molar-refractivity contribution in [1.29, 1.82) is 0 Å². The minimum Gasteiger partial charge on any atom is -0.493 e. The highest BCUT2D eigenvalue weighted by atomic mass is 35.5. The molecule has 10 heterocycles. The number of anilines is 2. The Kier molecular flexibility index (Phi) is 25.0. The number of hydrogen-bond acceptors (Lipinski definition) is 22. The first kappa shape index (κ1) is 87.5. The standard InChI is InChI=1S/2C48H48ClN7O7S/c1-30-4-11-42(51-26-30)34-21-40-43(56(58)59)23-38(24-44(40)62-29-34)64(60,61)53-47(57)39-10-9-36(22-45(39)63-37-20-32-13-15-50-46(32)52-27-37)55-18-16-54(17-19-55)28-33-12-14-48(2,3)25-41(33)31-5-7-35(49)8-6-31;1-48(2)14-12-34(42(27-48)32-6-8-35(49)9-7-32)29-54-17-19-55(20-18-54)37-10-11-40(45(24-37)63-38-23-33-13-16-51-46(33)52-28-38)47(57)53-64(60,61)39-25-43(56(58)59)41-22-31(30-62-44(41)26-39)21-36-5-3-4-15-50-36/h4-11,13,15,20,22-24,26-27,34H,12,14,16-19,21,25,28-29H2,1-3H3,(H,50,52)(H,53,57);3-11,13,15-16,23-26,28,31H,12,14,17-22,27,29-30H2,1-2H3,(H,51,52)(H,53,57)/t34-;31-/m10/s1. The fourth-order valence-electron chi connectivity index (χ4n) is 17.9. The number of benzene rings is 6. The number of allylic oxidation sites excluding steroid dienone is 2. The Labute approximate surface area is 751 Å². The van der Waals surface area contributed by atoms with Crippen LogP contribution in [0.15, 0.2) is 222 Å². The molecule has 6 aliphatic rings. The summed E-state index contributed by atoms with van der Waals surface area (Å²) >= 11 is 12.5. The van der Waals surface area contributed by atoms with Crippen molar-refractivity contribution in [3.63, 3.8) is 0 Å². The number of nitro benzene ring substituents is 2. The smallest absolute Gasteiger partial charge is 0.277 e. The van der Waals surface area contributed by atoms with Crippen LogP contribution in [0, 0.1) is 43.9 Å². The number of nitrogens with zero attached hydrogens (tertiary/aromatic N) is 10. The van der Waals surface area contributed by atoms with E-state index in [9.17, 15) is 46.7 Å². The molecule has 2 aliphatic carbocycles. The van der Waals surface area contributed by atoms with Gasteiger partial charge in [0.25, 0.3) is 43.2 Å². The maximum Gasteiger partial charge on any atom is 0.277 e. The maximum absolute atomic E-state index is 14.1. The number of halogens is 2. The number of sulfonamides is 2. The molecule has 660 valence electrons. The summed E-state index contributed by atoms with van der Waals surface area (Å²) < 4.78 is 84.5. The SMILES string of the molecule is CC1(C)CCC(CN2CCN(c3ccc(C(=O)NS(=O)(=O)c4cc5c(c([N+](=O)[O-])c4)C[C@H](Cc4ccccn4)CO5)c(Oc4cnc5[nH]ccc5c4)c3)CC2)=C(c2ccc(Cl)cc2)C1.Cc1ccc([C@H]2COc3cc(S(=O)(=O)NC(=O)c4ccc(N5CCN(CC6=C(c7ccc(Cl)cc7)CC(C)(C)CC6)CC5)cc4Oc4cnc5[nH]ccc5c4)cc([N+](=O)[O-])c3C2)nc1. The minimum absolute atomic E-state index is 0.0527. The van der Waals surface area contributed by atoms with Crippen molar-refractivity contribution in [3.8, 4) is 34.5 Å². The van der Waals surface area contributed by atoms with Crippen molar-refractivity contribution in [2.75, 3.05) is 88.5 Å². The zero-order valence-electron chi connectivity index (χ0n) is 71.3. The molecule has 2 atom stereocenters. The number of aryl methyl sites for hydroxylation is 1. The second kappa shape index (κ2) is 36.6. The van der Waals surface area contributed by atoms with Gasteiger partial charge < -0.3 is 38.7 Å².